The number of quaternary nitrogens is 1. The van der Waals surface area contributed by atoms with Crippen LogP contribution in [0.25, 0.3) is 0 Å². The maximum Gasteiger partial charge on any atom is 0.306 e. The van der Waals surface area contributed by atoms with Gasteiger partial charge in [0.1, 0.15) is 12.6 Å². The lowest BCUT2D eigenvalue weighted by atomic mass is 10.0. The number of nitrogens with zero attached hydrogens (tertiary/aromatic N) is 1. The van der Waals surface area contributed by atoms with Gasteiger partial charge in [-0.3, -0.25) is 9.59 Å². The molecule has 330 valence electrons. The van der Waals surface area contributed by atoms with Gasteiger partial charge in [0.2, 0.25) is 0 Å². The van der Waals surface area contributed by atoms with Gasteiger partial charge in [-0.1, -0.05) is 180 Å². The first kappa shape index (κ1) is 54.1. The second-order valence-electron chi connectivity index (χ2n) is 17.4. The van der Waals surface area contributed by atoms with Crippen molar-refractivity contribution in [3.63, 3.8) is 0 Å². The van der Waals surface area contributed by atoms with Crippen molar-refractivity contribution < 1.29 is 38.2 Å². The van der Waals surface area contributed by atoms with Crippen LogP contribution in [0.3, 0.4) is 0 Å². The summed E-state index contributed by atoms with van der Waals surface area (Å²) in [7, 11) is 5.41. The SMILES string of the molecule is CCCCCCCCCCCCCC/C=C/CCCCCCCCCC(=O)OCC(COCCC(C(=O)[O-])[N+](C)(C)C)OC(=O)CCCCCCCCCCC. The van der Waals surface area contributed by atoms with E-state index in [1.54, 1.807) is 21.1 Å². The number of aliphatic carboxylic acids is 1. The van der Waals surface area contributed by atoms with Gasteiger partial charge in [0.05, 0.1) is 40.3 Å². The van der Waals surface area contributed by atoms with E-state index in [0.717, 1.165) is 38.5 Å². The van der Waals surface area contributed by atoms with Gasteiger partial charge in [-0.05, 0) is 38.5 Å². The van der Waals surface area contributed by atoms with Gasteiger partial charge in [0, 0.05) is 19.3 Å². The number of carboxylic acid groups (broad SMARTS) is 1. The van der Waals surface area contributed by atoms with Gasteiger partial charge < -0.3 is 28.6 Å². The molecule has 0 aromatic carbocycles. The first-order valence-electron chi connectivity index (χ1n) is 23.7. The van der Waals surface area contributed by atoms with Crippen LogP contribution >= 0.6 is 0 Å². The van der Waals surface area contributed by atoms with Gasteiger partial charge in [0.25, 0.3) is 0 Å². The fourth-order valence-electron chi connectivity index (χ4n) is 7.18. The first-order valence-corrected chi connectivity index (χ1v) is 23.7. The monoisotopic (exact) mass is 794 g/mol. The highest BCUT2D eigenvalue weighted by atomic mass is 16.6. The Morgan fingerprint density at radius 1 is 0.518 bits per heavy atom. The van der Waals surface area contributed by atoms with Crippen LogP contribution in [0.15, 0.2) is 12.2 Å². The fourth-order valence-corrected chi connectivity index (χ4v) is 7.18. The van der Waals surface area contributed by atoms with Crippen molar-refractivity contribution in [2.24, 2.45) is 0 Å². The Morgan fingerprint density at radius 2 is 0.893 bits per heavy atom. The Morgan fingerprint density at radius 3 is 1.29 bits per heavy atom. The molecular weight excluding hydrogens is 703 g/mol. The highest BCUT2D eigenvalue weighted by Gasteiger charge is 2.25. The number of carbonyl (C=O) groups excluding carboxylic acids is 3. The standard InChI is InChI=1S/C48H91NO7/c1-6-8-10-12-14-16-17-18-19-20-21-22-23-24-25-26-27-28-29-31-32-34-36-38-46(50)55-43-44(42-54-41-40-45(48(52)53)49(3,4)5)56-47(51)39-37-35-33-30-15-13-11-9-7-2/h24-25,44-45H,6-23,26-43H2,1-5H3/b25-24+. The van der Waals surface area contributed by atoms with Crippen molar-refractivity contribution in [2.75, 3.05) is 41.0 Å². The van der Waals surface area contributed by atoms with Crippen molar-refractivity contribution in [2.45, 2.75) is 238 Å². The summed E-state index contributed by atoms with van der Waals surface area (Å²) in [6.07, 6.45) is 42.5. The van der Waals surface area contributed by atoms with Crippen LogP contribution in [-0.4, -0.2) is 75.5 Å². The predicted octanol–water partition coefficient (Wildman–Crippen LogP) is 11.8. The molecule has 2 atom stereocenters. The number of allylic oxidation sites excluding steroid dienone is 2. The highest BCUT2D eigenvalue weighted by Crippen LogP contribution is 2.15. The summed E-state index contributed by atoms with van der Waals surface area (Å²) in [5.74, 6) is -1.73. The maximum absolute atomic E-state index is 12.6. The van der Waals surface area contributed by atoms with E-state index in [2.05, 4.69) is 26.0 Å². The van der Waals surface area contributed by atoms with E-state index in [-0.39, 0.29) is 42.7 Å². The molecule has 0 spiro atoms. The number of ether oxygens (including phenoxy) is 3. The molecule has 0 bridgehead atoms. The molecule has 0 aliphatic rings. The molecule has 0 N–H and O–H groups in total. The first-order chi connectivity index (χ1) is 27.1. The molecule has 0 aromatic heterocycles. The van der Waals surface area contributed by atoms with Crippen molar-refractivity contribution in [1.82, 2.24) is 0 Å². The number of esters is 2. The third-order valence-electron chi connectivity index (χ3n) is 10.9. The van der Waals surface area contributed by atoms with Crippen molar-refractivity contribution in [1.29, 1.82) is 0 Å². The van der Waals surface area contributed by atoms with E-state index in [1.165, 1.54) is 154 Å². The molecule has 0 aliphatic carbocycles. The summed E-state index contributed by atoms with van der Waals surface area (Å²) in [5.41, 5.74) is 0. The maximum atomic E-state index is 12.6. The smallest absolute Gasteiger partial charge is 0.306 e. The molecule has 8 heteroatoms. The summed E-state index contributed by atoms with van der Waals surface area (Å²) < 4.78 is 17.1. The van der Waals surface area contributed by atoms with Gasteiger partial charge in [-0.2, -0.15) is 0 Å². The van der Waals surface area contributed by atoms with E-state index in [1.807, 2.05) is 0 Å². The fraction of sp³-hybridized carbons (Fsp3) is 0.896. The zero-order valence-corrected chi connectivity index (χ0v) is 37.6. The number of unbranched alkanes of at least 4 members (excludes halogenated alkanes) is 27. The van der Waals surface area contributed by atoms with Gasteiger partial charge in [-0.25, -0.2) is 0 Å². The minimum absolute atomic E-state index is 0.0446. The predicted molar refractivity (Wildman–Crippen MR) is 231 cm³/mol. The summed E-state index contributed by atoms with van der Waals surface area (Å²) in [4.78, 5) is 36.8. The summed E-state index contributed by atoms with van der Waals surface area (Å²) in [6.45, 7) is 4.66. The molecule has 0 aromatic rings. The molecule has 0 saturated carbocycles. The number of hydrogen-bond donors (Lipinski definition) is 0. The second kappa shape index (κ2) is 39.9. The molecule has 0 heterocycles. The molecule has 0 radical (unpaired) electrons. The molecule has 0 amide bonds. The summed E-state index contributed by atoms with van der Waals surface area (Å²) in [5, 5.41) is 11.6. The Bertz CT molecular complexity index is 931. The lowest BCUT2D eigenvalue weighted by Gasteiger charge is -2.34. The largest absolute Gasteiger partial charge is 0.544 e. The van der Waals surface area contributed by atoms with Gasteiger partial charge in [-0.15, -0.1) is 0 Å². The van der Waals surface area contributed by atoms with Crippen LogP contribution in [0.4, 0.5) is 0 Å². The van der Waals surface area contributed by atoms with Crippen molar-refractivity contribution >= 4 is 17.9 Å². The van der Waals surface area contributed by atoms with Crippen LogP contribution in [0.1, 0.15) is 226 Å². The van der Waals surface area contributed by atoms with Crippen LogP contribution in [0.5, 0.6) is 0 Å². The molecule has 0 aliphatic heterocycles. The van der Waals surface area contributed by atoms with E-state index < -0.39 is 18.1 Å². The minimum Gasteiger partial charge on any atom is -0.544 e. The second-order valence-corrected chi connectivity index (χ2v) is 17.4. The quantitative estimate of drug-likeness (QED) is 0.0262. The Labute approximate surface area is 346 Å². The third kappa shape index (κ3) is 37.6. The topological polar surface area (TPSA) is 102 Å². The Hall–Kier alpha value is -1.93. The molecule has 2 unspecified atom stereocenters. The normalized spacial score (nSPS) is 12.9. The third-order valence-corrected chi connectivity index (χ3v) is 10.9. The Balaban J connectivity index is 4.12. The zero-order chi connectivity index (χ0) is 41.4. The van der Waals surface area contributed by atoms with Crippen molar-refractivity contribution in [3.05, 3.63) is 12.2 Å². The summed E-state index contributed by atoms with van der Waals surface area (Å²) >= 11 is 0. The van der Waals surface area contributed by atoms with Crippen LogP contribution in [-0.2, 0) is 28.6 Å². The minimum atomic E-state index is -1.12. The average Bonchev–Trinajstić information content (AvgIpc) is 3.15. The van der Waals surface area contributed by atoms with Crippen LogP contribution < -0.4 is 5.11 Å². The van der Waals surface area contributed by atoms with Gasteiger partial charge in [0.15, 0.2) is 6.10 Å². The Kier molecular flexibility index (Phi) is 38.5. The molecule has 0 saturated heterocycles. The van der Waals surface area contributed by atoms with Gasteiger partial charge >= 0.3 is 11.9 Å². The lowest BCUT2D eigenvalue weighted by molar-refractivity contribution is -0.889. The van der Waals surface area contributed by atoms with Crippen LogP contribution in [0.2, 0.25) is 0 Å². The number of likely N-dealkylation sites (N-methyl/N-ethyl adjacent to an activating group) is 1. The highest BCUT2D eigenvalue weighted by molar-refractivity contribution is 5.70. The molecule has 0 fully saturated rings. The van der Waals surface area contributed by atoms with Crippen molar-refractivity contribution in [3.8, 4) is 0 Å². The number of hydrogen-bond acceptors (Lipinski definition) is 7. The average molecular weight is 794 g/mol. The number of carboxylic acids is 1. The number of rotatable bonds is 43. The van der Waals surface area contributed by atoms with Crippen LogP contribution in [0, 0.1) is 0 Å². The molecule has 8 nitrogen and oxygen atoms in total. The molecular formula is C48H91NO7. The molecule has 56 heavy (non-hydrogen) atoms. The van der Waals surface area contributed by atoms with E-state index >= 15 is 0 Å². The molecule has 0 rings (SSSR count). The summed E-state index contributed by atoms with van der Waals surface area (Å²) in [6, 6.07) is -0.721. The van der Waals surface area contributed by atoms with E-state index in [9.17, 15) is 19.5 Å². The van der Waals surface area contributed by atoms with E-state index in [4.69, 9.17) is 14.2 Å². The zero-order valence-electron chi connectivity index (χ0n) is 37.6. The van der Waals surface area contributed by atoms with E-state index in [0.29, 0.717) is 12.8 Å². The number of carbonyl (C=O) groups is 3. The lowest BCUT2D eigenvalue weighted by Crippen LogP contribution is -2.55.